The predicted molar refractivity (Wildman–Crippen MR) is 80.8 cm³/mol. The van der Waals surface area contributed by atoms with Gasteiger partial charge in [-0.25, -0.2) is 4.98 Å². The molecule has 3 rings (SSSR count). The molecule has 1 spiro atoms. The first-order chi connectivity index (χ1) is 9.85. The topological polar surface area (TPSA) is 62.3 Å². The Morgan fingerprint density at radius 2 is 2.00 bits per heavy atom. The molecule has 2 aliphatic rings. The van der Waals surface area contributed by atoms with Crippen LogP contribution in [0.5, 0.6) is 0 Å². The van der Waals surface area contributed by atoms with Crippen LogP contribution in [-0.4, -0.2) is 32.8 Å². The minimum absolute atomic E-state index is 0.00196. The summed E-state index contributed by atoms with van der Waals surface area (Å²) in [6.07, 6.45) is 3.50. The second-order valence-electron chi connectivity index (χ2n) is 6.59. The largest absolute Gasteiger partial charge is 0.340 e. The molecule has 0 aromatic carbocycles. The van der Waals surface area contributed by atoms with Gasteiger partial charge in [-0.05, 0) is 33.6 Å². The summed E-state index contributed by atoms with van der Waals surface area (Å²) in [7, 11) is 0. The molecular weight excluding hydrogens is 286 g/mol. The molecule has 0 atom stereocenters. The van der Waals surface area contributed by atoms with E-state index in [2.05, 4.69) is 10.3 Å². The van der Waals surface area contributed by atoms with Gasteiger partial charge in [-0.2, -0.15) is 0 Å². The standard InChI is InChI=1S/C15H21N3O2S/c1-10-9-21-11(16-10)8-18-13(20)14(2,3)17-12(19)15(18)6-4-5-7-15/h9H,4-8H2,1-3H3,(H,17,19). The molecular formula is C15H21N3O2S. The van der Waals surface area contributed by atoms with E-state index < -0.39 is 11.1 Å². The van der Waals surface area contributed by atoms with Crippen molar-refractivity contribution < 1.29 is 9.59 Å². The monoisotopic (exact) mass is 307 g/mol. The van der Waals surface area contributed by atoms with Gasteiger partial charge in [0.15, 0.2) is 0 Å². The van der Waals surface area contributed by atoms with Gasteiger partial charge in [0.2, 0.25) is 11.8 Å². The van der Waals surface area contributed by atoms with Crippen LogP contribution >= 0.6 is 11.3 Å². The van der Waals surface area contributed by atoms with Crippen molar-refractivity contribution in [2.24, 2.45) is 0 Å². The Bertz CT molecular complexity index is 587. The van der Waals surface area contributed by atoms with Gasteiger partial charge in [-0.15, -0.1) is 11.3 Å². The number of piperazine rings is 1. The van der Waals surface area contributed by atoms with E-state index in [-0.39, 0.29) is 11.8 Å². The molecule has 2 fully saturated rings. The first-order valence-corrected chi connectivity index (χ1v) is 8.29. The van der Waals surface area contributed by atoms with Crippen LogP contribution in [0.25, 0.3) is 0 Å². The summed E-state index contributed by atoms with van der Waals surface area (Å²) in [6.45, 7) is 5.93. The van der Waals surface area contributed by atoms with E-state index in [0.29, 0.717) is 6.54 Å². The van der Waals surface area contributed by atoms with Gasteiger partial charge in [0.05, 0.1) is 6.54 Å². The molecule has 5 nitrogen and oxygen atoms in total. The SMILES string of the molecule is Cc1csc(CN2C(=O)C(C)(C)NC(=O)C23CCCC3)n1. The third-order valence-electron chi connectivity index (χ3n) is 4.54. The van der Waals surface area contributed by atoms with E-state index in [1.807, 2.05) is 12.3 Å². The predicted octanol–water partition coefficient (Wildman–Crippen LogP) is 2.00. The lowest BCUT2D eigenvalue weighted by molar-refractivity contribution is -0.162. The zero-order valence-corrected chi connectivity index (χ0v) is 13.5. The number of nitrogens with zero attached hydrogens (tertiary/aromatic N) is 2. The van der Waals surface area contributed by atoms with Gasteiger partial charge in [0.25, 0.3) is 0 Å². The maximum Gasteiger partial charge on any atom is 0.249 e. The zero-order valence-electron chi connectivity index (χ0n) is 12.7. The first kappa shape index (κ1) is 14.5. The molecule has 1 aromatic heterocycles. The summed E-state index contributed by atoms with van der Waals surface area (Å²) in [4.78, 5) is 31.8. The fourth-order valence-electron chi connectivity index (χ4n) is 3.40. The van der Waals surface area contributed by atoms with Crippen molar-refractivity contribution >= 4 is 23.2 Å². The van der Waals surface area contributed by atoms with Crippen LogP contribution in [0.3, 0.4) is 0 Å². The highest BCUT2D eigenvalue weighted by Crippen LogP contribution is 2.40. The normalized spacial score (nSPS) is 23.7. The molecule has 1 aliphatic heterocycles. The Kier molecular flexibility index (Phi) is 3.31. The number of aromatic nitrogens is 1. The zero-order chi connectivity index (χ0) is 15.3. The van der Waals surface area contributed by atoms with Crippen LogP contribution in [0.2, 0.25) is 0 Å². The average molecular weight is 307 g/mol. The number of rotatable bonds is 2. The van der Waals surface area contributed by atoms with Gasteiger partial charge in [-0.1, -0.05) is 12.8 Å². The number of amides is 2. The quantitative estimate of drug-likeness (QED) is 0.909. The van der Waals surface area contributed by atoms with E-state index in [4.69, 9.17) is 0 Å². The lowest BCUT2D eigenvalue weighted by Crippen LogP contribution is -2.73. The van der Waals surface area contributed by atoms with E-state index in [0.717, 1.165) is 36.4 Å². The van der Waals surface area contributed by atoms with Gasteiger partial charge in [0.1, 0.15) is 16.1 Å². The number of carbonyl (C=O) groups is 2. The maximum absolute atomic E-state index is 12.9. The van der Waals surface area contributed by atoms with Crippen LogP contribution < -0.4 is 5.32 Å². The average Bonchev–Trinajstić information content (AvgIpc) is 3.03. The van der Waals surface area contributed by atoms with Gasteiger partial charge in [0, 0.05) is 11.1 Å². The van der Waals surface area contributed by atoms with Crippen molar-refractivity contribution in [2.75, 3.05) is 0 Å². The van der Waals surface area contributed by atoms with Crippen molar-refractivity contribution in [1.82, 2.24) is 15.2 Å². The highest BCUT2D eigenvalue weighted by Gasteiger charge is 2.56. The summed E-state index contributed by atoms with van der Waals surface area (Å²) >= 11 is 1.55. The van der Waals surface area contributed by atoms with Crippen LogP contribution in [0, 0.1) is 6.92 Å². The van der Waals surface area contributed by atoms with Crippen LogP contribution in [0.15, 0.2) is 5.38 Å². The summed E-state index contributed by atoms with van der Waals surface area (Å²) in [5.41, 5.74) is -0.535. The molecule has 1 N–H and O–H groups in total. The number of hydrogen-bond donors (Lipinski definition) is 1. The highest BCUT2D eigenvalue weighted by atomic mass is 32.1. The molecule has 1 saturated carbocycles. The number of hydrogen-bond acceptors (Lipinski definition) is 4. The van der Waals surface area contributed by atoms with Gasteiger partial charge in [-0.3, -0.25) is 9.59 Å². The van der Waals surface area contributed by atoms with Crippen molar-refractivity contribution in [3.8, 4) is 0 Å². The maximum atomic E-state index is 12.9. The van der Waals surface area contributed by atoms with Crippen LogP contribution in [-0.2, 0) is 16.1 Å². The summed E-state index contributed by atoms with van der Waals surface area (Å²) < 4.78 is 0. The number of aryl methyl sites for hydroxylation is 1. The molecule has 0 radical (unpaired) electrons. The Balaban J connectivity index is 1.98. The van der Waals surface area contributed by atoms with Crippen molar-refractivity contribution in [1.29, 1.82) is 0 Å². The first-order valence-electron chi connectivity index (χ1n) is 7.41. The third kappa shape index (κ3) is 2.25. The molecule has 2 amide bonds. The van der Waals surface area contributed by atoms with Crippen molar-refractivity contribution in [3.63, 3.8) is 0 Å². The molecule has 1 saturated heterocycles. The van der Waals surface area contributed by atoms with E-state index in [1.54, 1.807) is 30.1 Å². The third-order valence-corrected chi connectivity index (χ3v) is 5.49. The Labute approximate surface area is 128 Å². The fraction of sp³-hybridized carbons (Fsp3) is 0.667. The van der Waals surface area contributed by atoms with E-state index >= 15 is 0 Å². The number of thiazole rings is 1. The summed E-state index contributed by atoms with van der Waals surface area (Å²) in [5.74, 6) is -0.00488. The minimum Gasteiger partial charge on any atom is -0.340 e. The fourth-order valence-corrected chi connectivity index (χ4v) is 4.16. The molecule has 21 heavy (non-hydrogen) atoms. The van der Waals surface area contributed by atoms with E-state index in [9.17, 15) is 9.59 Å². The highest BCUT2D eigenvalue weighted by molar-refractivity contribution is 7.09. The second-order valence-corrected chi connectivity index (χ2v) is 7.53. The lowest BCUT2D eigenvalue weighted by Gasteiger charge is -2.49. The summed E-state index contributed by atoms with van der Waals surface area (Å²) in [6, 6.07) is 0. The summed E-state index contributed by atoms with van der Waals surface area (Å²) in [5, 5.41) is 5.79. The van der Waals surface area contributed by atoms with E-state index in [1.165, 1.54) is 0 Å². The second kappa shape index (κ2) is 4.80. The molecule has 1 aromatic rings. The Hall–Kier alpha value is -1.43. The van der Waals surface area contributed by atoms with Gasteiger partial charge >= 0.3 is 0 Å². The van der Waals surface area contributed by atoms with Crippen molar-refractivity contribution in [3.05, 3.63) is 16.1 Å². The Morgan fingerprint density at radius 1 is 1.33 bits per heavy atom. The van der Waals surface area contributed by atoms with Crippen molar-refractivity contribution in [2.45, 2.75) is 64.1 Å². The van der Waals surface area contributed by atoms with Crippen LogP contribution in [0.1, 0.15) is 50.2 Å². The minimum atomic E-state index is -0.836. The molecule has 2 heterocycles. The molecule has 0 unspecified atom stereocenters. The lowest BCUT2D eigenvalue weighted by atomic mass is 9.85. The smallest absolute Gasteiger partial charge is 0.249 e. The molecule has 0 bridgehead atoms. The number of carbonyl (C=O) groups excluding carboxylic acids is 2. The molecule has 6 heteroatoms. The van der Waals surface area contributed by atoms with Crippen LogP contribution in [0.4, 0.5) is 0 Å². The number of nitrogens with one attached hydrogen (secondary N) is 1. The molecule has 114 valence electrons. The Morgan fingerprint density at radius 3 is 2.57 bits per heavy atom. The molecule has 1 aliphatic carbocycles. The van der Waals surface area contributed by atoms with Gasteiger partial charge < -0.3 is 10.2 Å².